The molecule has 0 saturated heterocycles. The lowest BCUT2D eigenvalue weighted by Gasteiger charge is -2.07. The molecule has 1 amide bonds. The van der Waals surface area contributed by atoms with E-state index in [0.29, 0.717) is 5.56 Å². The molecule has 0 unspecified atom stereocenters. The van der Waals surface area contributed by atoms with Gasteiger partial charge in [-0.2, -0.15) is 5.10 Å². The predicted molar refractivity (Wildman–Crippen MR) is 95.5 cm³/mol. The van der Waals surface area contributed by atoms with E-state index < -0.39 is 5.91 Å². The van der Waals surface area contributed by atoms with Gasteiger partial charge in [-0.1, -0.05) is 6.07 Å². The summed E-state index contributed by atoms with van der Waals surface area (Å²) in [7, 11) is 1.62. The van der Waals surface area contributed by atoms with Gasteiger partial charge >= 0.3 is 0 Å². The number of carbonyl (C=O) groups is 1. The molecule has 0 aliphatic heterocycles. The lowest BCUT2D eigenvalue weighted by Crippen LogP contribution is -2.17. The third-order valence-corrected chi connectivity index (χ3v) is 3.60. The van der Waals surface area contributed by atoms with Crippen molar-refractivity contribution in [2.75, 3.05) is 7.11 Å². The molecule has 0 atom stereocenters. The normalized spacial score (nSPS) is 10.8. The molecule has 0 fully saturated rings. The van der Waals surface area contributed by atoms with Crippen LogP contribution in [-0.4, -0.2) is 28.9 Å². The summed E-state index contributed by atoms with van der Waals surface area (Å²) < 4.78 is 7.09. The minimum absolute atomic E-state index is 0.0324. The van der Waals surface area contributed by atoms with Gasteiger partial charge < -0.3 is 14.4 Å². The number of ether oxygens (including phenoxy) is 1. The van der Waals surface area contributed by atoms with Gasteiger partial charge in [-0.3, -0.25) is 4.79 Å². The highest BCUT2D eigenvalue weighted by Gasteiger charge is 2.05. The number of carbonyl (C=O) groups excluding carboxylic acids is 1. The Morgan fingerprint density at radius 1 is 1.16 bits per heavy atom. The number of nitrogens with one attached hydrogen (secondary N) is 1. The number of hydrazone groups is 1. The fraction of sp³-hybridized carbons (Fsp3) is 0.0526. The van der Waals surface area contributed by atoms with E-state index in [2.05, 4.69) is 10.5 Å². The van der Waals surface area contributed by atoms with E-state index in [-0.39, 0.29) is 5.75 Å². The van der Waals surface area contributed by atoms with Crippen molar-refractivity contribution in [3.63, 3.8) is 0 Å². The molecule has 2 N–H and O–H groups in total. The summed E-state index contributed by atoms with van der Waals surface area (Å²) in [5.74, 6) is 0.421. The van der Waals surface area contributed by atoms with Crippen molar-refractivity contribution in [3.05, 3.63) is 78.1 Å². The van der Waals surface area contributed by atoms with Crippen LogP contribution in [0.4, 0.5) is 0 Å². The van der Waals surface area contributed by atoms with Crippen LogP contribution < -0.4 is 10.2 Å². The second kappa shape index (κ2) is 7.35. The molecule has 1 aromatic heterocycles. The second-order valence-corrected chi connectivity index (χ2v) is 5.25. The van der Waals surface area contributed by atoms with E-state index in [9.17, 15) is 9.90 Å². The first kappa shape index (κ1) is 16.3. The number of phenols is 1. The highest BCUT2D eigenvalue weighted by Crippen LogP contribution is 2.16. The van der Waals surface area contributed by atoms with Gasteiger partial charge in [0.15, 0.2) is 0 Å². The molecule has 3 aromatic rings. The van der Waals surface area contributed by atoms with Gasteiger partial charge in [-0.25, -0.2) is 5.43 Å². The molecular weight excluding hydrogens is 318 g/mol. The highest BCUT2D eigenvalue weighted by atomic mass is 16.5. The smallest absolute Gasteiger partial charge is 0.271 e. The first-order valence-corrected chi connectivity index (χ1v) is 7.61. The Balaban J connectivity index is 1.72. The number of nitrogens with zero attached hydrogens (tertiary/aromatic N) is 2. The van der Waals surface area contributed by atoms with Crippen molar-refractivity contribution in [1.82, 2.24) is 9.99 Å². The van der Waals surface area contributed by atoms with Gasteiger partial charge in [0.2, 0.25) is 0 Å². The predicted octanol–water partition coefficient (Wildman–Crippen LogP) is 2.96. The van der Waals surface area contributed by atoms with Crippen LogP contribution in [0.25, 0.3) is 5.69 Å². The van der Waals surface area contributed by atoms with E-state index in [4.69, 9.17) is 4.74 Å². The number of methoxy groups -OCH3 is 1. The fourth-order valence-electron chi connectivity index (χ4n) is 2.35. The molecule has 0 radical (unpaired) electrons. The zero-order valence-electron chi connectivity index (χ0n) is 13.6. The summed E-state index contributed by atoms with van der Waals surface area (Å²) in [6, 6.07) is 17.5. The Hall–Kier alpha value is -3.54. The van der Waals surface area contributed by atoms with Crippen LogP contribution in [0.3, 0.4) is 0 Å². The van der Waals surface area contributed by atoms with Crippen LogP contribution in [0.1, 0.15) is 16.1 Å². The number of phenolic OH excluding ortho intramolecular Hbond substituents is 1. The van der Waals surface area contributed by atoms with E-state index in [1.165, 1.54) is 12.1 Å². The average Bonchev–Trinajstić information content (AvgIpc) is 3.10. The third-order valence-electron chi connectivity index (χ3n) is 3.60. The molecule has 1 heterocycles. The minimum Gasteiger partial charge on any atom is -0.508 e. The summed E-state index contributed by atoms with van der Waals surface area (Å²) in [4.78, 5) is 12.0. The van der Waals surface area contributed by atoms with Gasteiger partial charge in [-0.15, -0.1) is 0 Å². The summed E-state index contributed by atoms with van der Waals surface area (Å²) in [5.41, 5.74) is 4.54. The van der Waals surface area contributed by atoms with Crippen molar-refractivity contribution >= 4 is 12.1 Å². The van der Waals surface area contributed by atoms with Crippen LogP contribution in [0.2, 0.25) is 0 Å². The van der Waals surface area contributed by atoms with Crippen molar-refractivity contribution in [2.24, 2.45) is 5.10 Å². The third kappa shape index (κ3) is 3.87. The zero-order chi connectivity index (χ0) is 17.6. The van der Waals surface area contributed by atoms with E-state index in [1.807, 2.05) is 47.2 Å². The van der Waals surface area contributed by atoms with Crippen molar-refractivity contribution in [2.45, 2.75) is 0 Å². The maximum atomic E-state index is 12.0. The van der Waals surface area contributed by atoms with Gasteiger partial charge in [0.1, 0.15) is 11.5 Å². The Kier molecular flexibility index (Phi) is 4.80. The molecule has 0 aliphatic rings. The molecule has 0 bridgehead atoms. The van der Waals surface area contributed by atoms with Gasteiger partial charge in [0, 0.05) is 17.4 Å². The number of hydrogen-bond acceptors (Lipinski definition) is 4. The minimum atomic E-state index is -0.394. The summed E-state index contributed by atoms with van der Waals surface area (Å²) in [5, 5.41) is 13.4. The zero-order valence-corrected chi connectivity index (χ0v) is 13.6. The lowest BCUT2D eigenvalue weighted by molar-refractivity contribution is 0.0954. The maximum Gasteiger partial charge on any atom is 0.271 e. The Morgan fingerprint density at radius 2 is 1.96 bits per heavy atom. The molecule has 0 aliphatic carbocycles. The van der Waals surface area contributed by atoms with Crippen molar-refractivity contribution in [1.29, 1.82) is 0 Å². The first-order chi connectivity index (χ1) is 12.2. The molecule has 3 rings (SSSR count). The van der Waals surface area contributed by atoms with Gasteiger partial charge in [-0.05, 0) is 54.6 Å². The number of aromatic nitrogens is 1. The number of aromatic hydroxyl groups is 1. The molecule has 0 spiro atoms. The number of benzene rings is 2. The maximum absolute atomic E-state index is 12.0. The molecule has 25 heavy (non-hydrogen) atoms. The van der Waals surface area contributed by atoms with Crippen LogP contribution in [0, 0.1) is 0 Å². The first-order valence-electron chi connectivity index (χ1n) is 7.61. The van der Waals surface area contributed by atoms with Crippen LogP contribution in [0.15, 0.2) is 72.0 Å². The molecule has 6 nitrogen and oxygen atoms in total. The Bertz CT molecular complexity index is 898. The second-order valence-electron chi connectivity index (χ2n) is 5.25. The summed E-state index contributed by atoms with van der Waals surface area (Å²) >= 11 is 0. The number of amides is 1. The SMILES string of the molecule is COc1ccc(-n2cccc2/C=N/NC(=O)c2cccc(O)c2)cc1. The largest absolute Gasteiger partial charge is 0.508 e. The van der Waals surface area contributed by atoms with Crippen molar-refractivity contribution < 1.29 is 14.6 Å². The summed E-state index contributed by atoms with van der Waals surface area (Å²) in [6.45, 7) is 0. The topological polar surface area (TPSA) is 75.8 Å². The van der Waals surface area contributed by atoms with E-state index in [0.717, 1.165) is 17.1 Å². The van der Waals surface area contributed by atoms with Crippen LogP contribution in [-0.2, 0) is 0 Å². The number of hydrogen-bond donors (Lipinski definition) is 2. The summed E-state index contributed by atoms with van der Waals surface area (Å²) in [6.07, 6.45) is 3.46. The molecule has 0 saturated carbocycles. The Labute approximate surface area is 145 Å². The fourth-order valence-corrected chi connectivity index (χ4v) is 2.35. The highest BCUT2D eigenvalue weighted by molar-refractivity contribution is 5.95. The van der Waals surface area contributed by atoms with Crippen LogP contribution in [0.5, 0.6) is 11.5 Å². The van der Waals surface area contributed by atoms with Gasteiger partial charge in [0.05, 0.1) is 19.0 Å². The van der Waals surface area contributed by atoms with E-state index in [1.54, 1.807) is 25.5 Å². The molecule has 6 heteroatoms. The molecule has 2 aromatic carbocycles. The number of rotatable bonds is 5. The van der Waals surface area contributed by atoms with E-state index >= 15 is 0 Å². The van der Waals surface area contributed by atoms with Crippen molar-refractivity contribution in [3.8, 4) is 17.2 Å². The standard InChI is InChI=1S/C19H17N3O3/c1-25-18-9-7-15(8-10-18)22-11-3-5-16(22)13-20-21-19(24)14-4-2-6-17(23)12-14/h2-13,23H,1H3,(H,21,24)/b20-13+. The van der Waals surface area contributed by atoms with Gasteiger partial charge in [0.25, 0.3) is 5.91 Å². The lowest BCUT2D eigenvalue weighted by atomic mass is 10.2. The monoisotopic (exact) mass is 335 g/mol. The quantitative estimate of drug-likeness (QED) is 0.556. The Morgan fingerprint density at radius 3 is 2.68 bits per heavy atom. The van der Waals surface area contributed by atoms with Crippen LogP contribution >= 0.6 is 0 Å². The average molecular weight is 335 g/mol. The molecular formula is C19H17N3O3. The molecule has 126 valence electrons.